The molecule has 0 aliphatic rings. The molecule has 3 aromatic rings. The Morgan fingerprint density at radius 3 is 1.35 bits per heavy atom. The molecule has 3 aromatic carbocycles. The number of benzene rings is 3. The molecule has 0 heterocycles. The van der Waals surface area contributed by atoms with Crippen LogP contribution in [0.2, 0.25) is 0 Å². The SMILES string of the molecule is CC(=O)Sc1c(-c2c(C)cccc2C)cccc1-c1c(C)cccc1C. The highest BCUT2D eigenvalue weighted by atomic mass is 32.2. The fourth-order valence-electron chi connectivity index (χ4n) is 3.66. The van der Waals surface area contributed by atoms with Gasteiger partial charge in [-0.25, -0.2) is 0 Å². The van der Waals surface area contributed by atoms with Crippen molar-refractivity contribution in [2.75, 3.05) is 0 Å². The second kappa shape index (κ2) is 7.51. The van der Waals surface area contributed by atoms with Crippen molar-refractivity contribution in [3.05, 3.63) is 76.9 Å². The second-order valence-electron chi connectivity index (χ2n) is 6.81. The zero-order chi connectivity index (χ0) is 18.8. The normalized spacial score (nSPS) is 10.8. The predicted octanol–water partition coefficient (Wildman–Crippen LogP) is 6.89. The minimum Gasteiger partial charge on any atom is -0.287 e. The summed E-state index contributed by atoms with van der Waals surface area (Å²) in [7, 11) is 0. The monoisotopic (exact) mass is 360 g/mol. The van der Waals surface area contributed by atoms with Crippen molar-refractivity contribution in [2.45, 2.75) is 39.5 Å². The molecule has 0 aliphatic heterocycles. The number of rotatable bonds is 3. The molecule has 0 aliphatic carbocycles. The van der Waals surface area contributed by atoms with Crippen LogP contribution < -0.4 is 0 Å². The molecule has 3 rings (SSSR count). The largest absolute Gasteiger partial charge is 0.287 e. The van der Waals surface area contributed by atoms with Crippen LogP contribution in [0.15, 0.2) is 59.5 Å². The molecule has 26 heavy (non-hydrogen) atoms. The number of hydrogen-bond donors (Lipinski definition) is 0. The topological polar surface area (TPSA) is 17.1 Å². The van der Waals surface area contributed by atoms with Crippen LogP contribution in [0.1, 0.15) is 29.2 Å². The van der Waals surface area contributed by atoms with Crippen molar-refractivity contribution >= 4 is 16.9 Å². The standard InChI is InChI=1S/C24H24OS/c1-15-9-6-10-16(2)22(15)20-13-8-14-21(24(20)26-19(5)25)23-17(3)11-7-12-18(23)4/h6-14H,1-5H3. The molecule has 1 nitrogen and oxygen atoms in total. The van der Waals surface area contributed by atoms with Crippen LogP contribution in [0.4, 0.5) is 0 Å². The number of carbonyl (C=O) groups is 1. The fourth-order valence-corrected chi connectivity index (χ4v) is 4.51. The maximum atomic E-state index is 12.1. The quantitative estimate of drug-likeness (QED) is 0.473. The van der Waals surface area contributed by atoms with E-state index < -0.39 is 0 Å². The Labute approximate surface area is 160 Å². The molecule has 0 fully saturated rings. The van der Waals surface area contributed by atoms with Crippen LogP contribution >= 0.6 is 11.8 Å². The van der Waals surface area contributed by atoms with Gasteiger partial charge in [0, 0.05) is 11.8 Å². The van der Waals surface area contributed by atoms with Gasteiger partial charge in [0.15, 0.2) is 5.12 Å². The van der Waals surface area contributed by atoms with E-state index in [2.05, 4.69) is 82.3 Å². The van der Waals surface area contributed by atoms with Crippen molar-refractivity contribution < 1.29 is 4.79 Å². The molecular weight excluding hydrogens is 336 g/mol. The van der Waals surface area contributed by atoms with Crippen LogP contribution in [0.25, 0.3) is 22.3 Å². The molecule has 0 atom stereocenters. The molecule has 0 spiro atoms. The molecule has 0 N–H and O–H groups in total. The summed E-state index contributed by atoms with van der Waals surface area (Å²) in [6, 6.07) is 19.1. The van der Waals surface area contributed by atoms with E-state index in [1.807, 2.05) is 0 Å². The molecule has 0 radical (unpaired) electrons. The van der Waals surface area contributed by atoms with Gasteiger partial charge in [0.1, 0.15) is 0 Å². The third kappa shape index (κ3) is 3.47. The Kier molecular flexibility index (Phi) is 5.33. The average molecular weight is 361 g/mol. The molecule has 0 amide bonds. The number of hydrogen-bond acceptors (Lipinski definition) is 2. The summed E-state index contributed by atoms with van der Waals surface area (Å²) in [6.07, 6.45) is 0. The third-order valence-corrected chi connectivity index (χ3v) is 5.69. The van der Waals surface area contributed by atoms with Gasteiger partial charge < -0.3 is 0 Å². The van der Waals surface area contributed by atoms with Gasteiger partial charge in [-0.3, -0.25) is 4.79 Å². The molecule has 132 valence electrons. The van der Waals surface area contributed by atoms with E-state index in [0.717, 1.165) is 16.0 Å². The first-order valence-corrected chi connectivity index (χ1v) is 9.66. The second-order valence-corrected chi connectivity index (χ2v) is 8.00. The maximum absolute atomic E-state index is 12.1. The van der Waals surface area contributed by atoms with Gasteiger partial charge in [0.05, 0.1) is 0 Å². The summed E-state index contributed by atoms with van der Waals surface area (Å²) in [5, 5.41) is 0.108. The zero-order valence-corrected chi connectivity index (χ0v) is 16.8. The van der Waals surface area contributed by atoms with Gasteiger partial charge in [-0.05, 0) is 72.2 Å². The van der Waals surface area contributed by atoms with Gasteiger partial charge in [-0.1, -0.05) is 66.4 Å². The average Bonchev–Trinajstić information content (AvgIpc) is 2.56. The minimum atomic E-state index is 0.108. The molecule has 0 bridgehead atoms. The van der Waals surface area contributed by atoms with Gasteiger partial charge >= 0.3 is 0 Å². The lowest BCUT2D eigenvalue weighted by Crippen LogP contribution is -1.97. The smallest absolute Gasteiger partial charge is 0.190 e. The lowest BCUT2D eigenvalue weighted by Gasteiger charge is -2.19. The Morgan fingerprint density at radius 1 is 0.654 bits per heavy atom. The van der Waals surface area contributed by atoms with E-state index >= 15 is 0 Å². The molecule has 0 saturated heterocycles. The molecule has 0 saturated carbocycles. The van der Waals surface area contributed by atoms with Crippen molar-refractivity contribution in [1.29, 1.82) is 0 Å². The van der Waals surface area contributed by atoms with Crippen molar-refractivity contribution in [3.63, 3.8) is 0 Å². The van der Waals surface area contributed by atoms with E-state index in [1.54, 1.807) is 6.92 Å². The van der Waals surface area contributed by atoms with Crippen LogP contribution in [0.3, 0.4) is 0 Å². The third-order valence-electron chi connectivity index (χ3n) is 4.76. The summed E-state index contributed by atoms with van der Waals surface area (Å²) in [6.45, 7) is 10.2. The Hall–Kier alpha value is -2.32. The summed E-state index contributed by atoms with van der Waals surface area (Å²) in [4.78, 5) is 13.1. The zero-order valence-electron chi connectivity index (χ0n) is 16.0. The van der Waals surface area contributed by atoms with Gasteiger partial charge in [0.2, 0.25) is 0 Å². The van der Waals surface area contributed by atoms with Crippen LogP contribution in [-0.2, 0) is 4.79 Å². The summed E-state index contributed by atoms with van der Waals surface area (Å²) < 4.78 is 0. The molecule has 0 unspecified atom stereocenters. The lowest BCUT2D eigenvalue weighted by atomic mass is 9.90. The van der Waals surface area contributed by atoms with E-state index in [0.29, 0.717) is 0 Å². The summed E-state index contributed by atoms with van der Waals surface area (Å²) in [5.41, 5.74) is 9.65. The fraction of sp³-hybridized carbons (Fsp3) is 0.208. The van der Waals surface area contributed by atoms with E-state index in [-0.39, 0.29) is 5.12 Å². The first kappa shape index (κ1) is 18.5. The Balaban J connectivity index is 2.36. The van der Waals surface area contributed by atoms with Crippen molar-refractivity contribution in [2.24, 2.45) is 0 Å². The molecule has 0 aromatic heterocycles. The summed E-state index contributed by atoms with van der Waals surface area (Å²) in [5.74, 6) is 0. The Bertz CT molecular complexity index is 875. The highest BCUT2D eigenvalue weighted by Gasteiger charge is 2.18. The Morgan fingerprint density at radius 2 is 1.00 bits per heavy atom. The van der Waals surface area contributed by atoms with Crippen LogP contribution in [-0.4, -0.2) is 5.12 Å². The van der Waals surface area contributed by atoms with E-state index in [9.17, 15) is 4.79 Å². The van der Waals surface area contributed by atoms with Crippen molar-refractivity contribution in [1.82, 2.24) is 0 Å². The molecule has 2 heteroatoms. The number of carbonyl (C=O) groups excluding carboxylic acids is 1. The first-order chi connectivity index (χ1) is 12.4. The maximum Gasteiger partial charge on any atom is 0.190 e. The highest BCUT2D eigenvalue weighted by molar-refractivity contribution is 8.13. The summed E-state index contributed by atoms with van der Waals surface area (Å²) >= 11 is 1.34. The minimum absolute atomic E-state index is 0.108. The number of thioether (sulfide) groups is 1. The van der Waals surface area contributed by atoms with Gasteiger partial charge in [-0.2, -0.15) is 0 Å². The predicted molar refractivity (Wildman–Crippen MR) is 113 cm³/mol. The van der Waals surface area contributed by atoms with Crippen LogP contribution in [0, 0.1) is 27.7 Å². The van der Waals surface area contributed by atoms with E-state index in [4.69, 9.17) is 0 Å². The highest BCUT2D eigenvalue weighted by Crippen LogP contribution is 2.43. The van der Waals surface area contributed by atoms with Crippen molar-refractivity contribution in [3.8, 4) is 22.3 Å². The van der Waals surface area contributed by atoms with Gasteiger partial charge in [0.25, 0.3) is 0 Å². The molecular formula is C24H24OS. The first-order valence-electron chi connectivity index (χ1n) is 8.84. The van der Waals surface area contributed by atoms with Crippen LogP contribution in [0.5, 0.6) is 0 Å². The van der Waals surface area contributed by atoms with Gasteiger partial charge in [-0.15, -0.1) is 0 Å². The lowest BCUT2D eigenvalue weighted by molar-refractivity contribution is -0.109. The number of aryl methyl sites for hydroxylation is 4. The van der Waals surface area contributed by atoms with E-state index in [1.165, 1.54) is 45.1 Å².